The average molecular weight is 359 g/mol. The van der Waals surface area contributed by atoms with E-state index in [1.165, 1.54) is 28.5 Å². The Morgan fingerprint density at radius 1 is 1.32 bits per heavy atom. The number of nitrogens with zero attached hydrogens (tertiary/aromatic N) is 2. The van der Waals surface area contributed by atoms with Gasteiger partial charge in [0, 0.05) is 42.4 Å². The van der Waals surface area contributed by atoms with Crippen molar-refractivity contribution >= 4 is 15.7 Å². The van der Waals surface area contributed by atoms with Gasteiger partial charge in [0.25, 0.3) is 0 Å². The predicted octanol–water partition coefficient (Wildman–Crippen LogP) is 3.10. The molecular formula is C19H25N3O2S. The number of nitrogens with one attached hydrogen (secondary N) is 1. The third-order valence-corrected chi connectivity index (χ3v) is 5.35. The average Bonchev–Trinajstić information content (AvgIpc) is 2.87. The van der Waals surface area contributed by atoms with Gasteiger partial charge in [0.05, 0.1) is 0 Å². The van der Waals surface area contributed by atoms with Crippen LogP contribution in [-0.4, -0.2) is 31.0 Å². The van der Waals surface area contributed by atoms with E-state index in [2.05, 4.69) is 41.6 Å². The highest BCUT2D eigenvalue weighted by atomic mass is 32.2. The molecule has 25 heavy (non-hydrogen) atoms. The molecule has 134 valence electrons. The molecule has 0 unspecified atom stereocenters. The lowest BCUT2D eigenvalue weighted by molar-refractivity contribution is 0.449. The Balaban J connectivity index is 1.92. The van der Waals surface area contributed by atoms with E-state index in [9.17, 15) is 8.42 Å². The summed E-state index contributed by atoms with van der Waals surface area (Å²) in [5.41, 5.74) is 3.82. The standard InChI is InChI=1S/C19H25N3O2S/c1-14-12-16(15-8-5-4-6-9-15)18-17(13-14)22(2)21-19(18)20-10-7-11-25(3,23)24/h4-9,11,14,16H,10,12-13H2,1-3H3,(H,20,21)/b11-7+/t14-,16-/m0/s1. The van der Waals surface area contributed by atoms with Gasteiger partial charge >= 0.3 is 0 Å². The highest BCUT2D eigenvalue weighted by molar-refractivity contribution is 7.93. The summed E-state index contributed by atoms with van der Waals surface area (Å²) in [6, 6.07) is 10.5. The molecule has 2 aromatic rings. The molecule has 0 fully saturated rings. The van der Waals surface area contributed by atoms with Crippen LogP contribution in [0.15, 0.2) is 41.8 Å². The molecule has 6 heteroatoms. The molecule has 1 aliphatic carbocycles. The van der Waals surface area contributed by atoms with Crippen molar-refractivity contribution in [3.05, 3.63) is 58.6 Å². The van der Waals surface area contributed by atoms with E-state index in [4.69, 9.17) is 0 Å². The number of sulfone groups is 1. The van der Waals surface area contributed by atoms with Gasteiger partial charge in [0.2, 0.25) is 0 Å². The molecule has 0 bridgehead atoms. The number of hydrogen-bond acceptors (Lipinski definition) is 4. The summed E-state index contributed by atoms with van der Waals surface area (Å²) < 4.78 is 24.4. The third kappa shape index (κ3) is 4.12. The van der Waals surface area contributed by atoms with Gasteiger partial charge in [-0.3, -0.25) is 4.68 Å². The summed E-state index contributed by atoms with van der Waals surface area (Å²) in [5, 5.41) is 9.18. The van der Waals surface area contributed by atoms with Gasteiger partial charge in [-0.25, -0.2) is 8.42 Å². The smallest absolute Gasteiger partial charge is 0.168 e. The number of hydrogen-bond donors (Lipinski definition) is 1. The Bertz CT molecular complexity index is 870. The number of aryl methyl sites for hydroxylation is 1. The first-order chi connectivity index (χ1) is 11.8. The molecular weight excluding hydrogens is 334 g/mol. The van der Waals surface area contributed by atoms with E-state index in [0.717, 1.165) is 18.7 Å². The van der Waals surface area contributed by atoms with Crippen LogP contribution in [0.2, 0.25) is 0 Å². The Kier molecular flexibility index (Phi) is 4.99. The van der Waals surface area contributed by atoms with E-state index in [1.807, 2.05) is 17.8 Å². The van der Waals surface area contributed by atoms with Gasteiger partial charge in [-0.2, -0.15) is 5.10 Å². The van der Waals surface area contributed by atoms with Crippen LogP contribution in [0.4, 0.5) is 5.82 Å². The molecule has 0 spiro atoms. The topological polar surface area (TPSA) is 64.0 Å². The fourth-order valence-electron chi connectivity index (χ4n) is 3.61. The molecule has 5 nitrogen and oxygen atoms in total. The molecule has 1 aromatic heterocycles. The Labute approximate surface area is 149 Å². The lowest BCUT2D eigenvalue weighted by Crippen LogP contribution is -2.19. The lowest BCUT2D eigenvalue weighted by Gasteiger charge is -2.28. The molecule has 1 aliphatic rings. The van der Waals surface area contributed by atoms with Crippen LogP contribution >= 0.6 is 0 Å². The molecule has 0 radical (unpaired) electrons. The van der Waals surface area contributed by atoms with Crippen LogP contribution in [0.1, 0.15) is 36.1 Å². The van der Waals surface area contributed by atoms with Gasteiger partial charge in [-0.05, 0) is 24.3 Å². The highest BCUT2D eigenvalue weighted by Gasteiger charge is 2.31. The van der Waals surface area contributed by atoms with Crippen molar-refractivity contribution in [2.75, 3.05) is 18.1 Å². The SMILES string of the molecule is C[C@@H]1Cc2c(c(NC/C=C/S(C)(=O)=O)nn2C)[C@H](c2ccccc2)C1. The monoisotopic (exact) mass is 359 g/mol. The van der Waals surface area contributed by atoms with Crippen molar-refractivity contribution in [2.24, 2.45) is 13.0 Å². The fraction of sp³-hybridized carbons (Fsp3) is 0.421. The zero-order chi connectivity index (χ0) is 18.0. The molecule has 0 amide bonds. The molecule has 1 aromatic carbocycles. The number of anilines is 1. The zero-order valence-electron chi connectivity index (χ0n) is 14.9. The van der Waals surface area contributed by atoms with Gasteiger partial charge < -0.3 is 5.32 Å². The number of benzene rings is 1. The predicted molar refractivity (Wildman–Crippen MR) is 101 cm³/mol. The van der Waals surface area contributed by atoms with Gasteiger partial charge in [0.15, 0.2) is 15.7 Å². The minimum absolute atomic E-state index is 0.315. The van der Waals surface area contributed by atoms with Crippen molar-refractivity contribution in [1.82, 2.24) is 9.78 Å². The molecule has 0 saturated carbocycles. The quantitative estimate of drug-likeness (QED) is 0.891. The van der Waals surface area contributed by atoms with Crippen molar-refractivity contribution in [2.45, 2.75) is 25.7 Å². The Hall–Kier alpha value is -2.08. The summed E-state index contributed by atoms with van der Waals surface area (Å²) in [5.74, 6) is 1.78. The highest BCUT2D eigenvalue weighted by Crippen LogP contribution is 2.42. The number of rotatable bonds is 5. The molecule has 1 N–H and O–H groups in total. The summed E-state index contributed by atoms with van der Waals surface area (Å²) in [7, 11) is -1.12. The van der Waals surface area contributed by atoms with Gasteiger partial charge in [-0.15, -0.1) is 0 Å². The third-order valence-electron chi connectivity index (χ3n) is 4.67. The maximum Gasteiger partial charge on any atom is 0.168 e. The van der Waals surface area contributed by atoms with E-state index in [1.54, 1.807) is 6.08 Å². The largest absolute Gasteiger partial charge is 0.365 e. The first kappa shape index (κ1) is 17.7. The Morgan fingerprint density at radius 2 is 2.04 bits per heavy atom. The van der Waals surface area contributed by atoms with E-state index < -0.39 is 9.84 Å². The van der Waals surface area contributed by atoms with Crippen LogP contribution in [0, 0.1) is 5.92 Å². The van der Waals surface area contributed by atoms with Crippen molar-refractivity contribution in [3.8, 4) is 0 Å². The summed E-state index contributed by atoms with van der Waals surface area (Å²) in [6.07, 6.45) is 4.93. The second kappa shape index (κ2) is 7.04. The minimum Gasteiger partial charge on any atom is -0.365 e. The van der Waals surface area contributed by atoms with E-state index >= 15 is 0 Å². The zero-order valence-corrected chi connectivity index (χ0v) is 15.8. The van der Waals surface area contributed by atoms with E-state index in [0.29, 0.717) is 18.4 Å². The van der Waals surface area contributed by atoms with Crippen LogP contribution in [0.3, 0.4) is 0 Å². The van der Waals surface area contributed by atoms with Crippen LogP contribution in [-0.2, 0) is 23.3 Å². The van der Waals surface area contributed by atoms with Gasteiger partial charge in [-0.1, -0.05) is 43.3 Å². The van der Waals surface area contributed by atoms with Crippen LogP contribution in [0.5, 0.6) is 0 Å². The molecule has 0 saturated heterocycles. The molecule has 3 rings (SSSR count). The lowest BCUT2D eigenvalue weighted by atomic mass is 9.77. The number of fused-ring (bicyclic) bond motifs is 1. The molecule has 2 atom stereocenters. The normalized spacial score (nSPS) is 20.6. The van der Waals surface area contributed by atoms with Crippen molar-refractivity contribution in [3.63, 3.8) is 0 Å². The second-order valence-corrected chi connectivity index (χ2v) is 8.85. The fourth-order valence-corrected chi connectivity index (χ4v) is 4.06. The van der Waals surface area contributed by atoms with Crippen LogP contribution in [0.25, 0.3) is 0 Å². The van der Waals surface area contributed by atoms with Gasteiger partial charge in [0.1, 0.15) is 0 Å². The van der Waals surface area contributed by atoms with Crippen molar-refractivity contribution in [1.29, 1.82) is 0 Å². The molecule has 1 heterocycles. The minimum atomic E-state index is -3.10. The maximum atomic E-state index is 11.2. The summed E-state index contributed by atoms with van der Waals surface area (Å²) in [4.78, 5) is 0. The first-order valence-corrected chi connectivity index (χ1v) is 10.5. The first-order valence-electron chi connectivity index (χ1n) is 8.56. The van der Waals surface area contributed by atoms with Crippen LogP contribution < -0.4 is 5.32 Å². The van der Waals surface area contributed by atoms with E-state index in [-0.39, 0.29) is 0 Å². The molecule has 0 aliphatic heterocycles. The number of aromatic nitrogens is 2. The van der Waals surface area contributed by atoms with Crippen molar-refractivity contribution < 1.29 is 8.42 Å². The second-order valence-electron chi connectivity index (χ2n) is 6.92. The summed E-state index contributed by atoms with van der Waals surface area (Å²) >= 11 is 0. The summed E-state index contributed by atoms with van der Waals surface area (Å²) in [6.45, 7) is 2.72. The Morgan fingerprint density at radius 3 is 2.72 bits per heavy atom. The maximum absolute atomic E-state index is 11.2.